The average molecular weight is 393 g/mol. The normalized spacial score (nSPS) is 16.9. The quantitative estimate of drug-likeness (QED) is 0.631. The summed E-state index contributed by atoms with van der Waals surface area (Å²) >= 11 is 6.98. The molecule has 0 saturated carbocycles. The highest BCUT2D eigenvalue weighted by molar-refractivity contribution is 8.18. The van der Waals surface area contributed by atoms with Gasteiger partial charge in [-0.1, -0.05) is 54.1 Å². The standard InChI is InChI=1S/C21H13ClN2O2S/c22-16-10-8-14(9-11-16)19(25)23-21-24-20(26)18(27-21)12-15-6-3-5-13-4-1-2-7-17(13)15/h1-12H,(H,23,24,25,26)/b18-12-. The minimum absolute atomic E-state index is 0.268. The van der Waals surface area contributed by atoms with Crippen LogP contribution in [0.4, 0.5) is 0 Å². The minimum Gasteiger partial charge on any atom is -0.300 e. The van der Waals surface area contributed by atoms with Crippen molar-refractivity contribution in [3.8, 4) is 0 Å². The molecular weight excluding hydrogens is 380 g/mol. The second-order valence-corrected chi connectivity index (χ2v) is 7.33. The van der Waals surface area contributed by atoms with Crippen LogP contribution in [0.5, 0.6) is 0 Å². The summed E-state index contributed by atoms with van der Waals surface area (Å²) in [5, 5.41) is 5.62. The Hall–Kier alpha value is -2.89. The van der Waals surface area contributed by atoms with Crippen molar-refractivity contribution in [1.82, 2.24) is 5.32 Å². The summed E-state index contributed by atoms with van der Waals surface area (Å²) in [4.78, 5) is 29.0. The fraction of sp³-hybridized carbons (Fsp3) is 0. The number of hydrogen-bond donors (Lipinski definition) is 1. The van der Waals surface area contributed by atoms with Crippen LogP contribution in [-0.4, -0.2) is 17.0 Å². The lowest BCUT2D eigenvalue weighted by atomic mass is 10.0. The number of benzene rings is 3. The molecular formula is C21H13ClN2O2S. The van der Waals surface area contributed by atoms with E-state index in [1.54, 1.807) is 24.3 Å². The molecule has 1 saturated heterocycles. The van der Waals surface area contributed by atoms with Crippen LogP contribution in [0.3, 0.4) is 0 Å². The molecule has 4 nitrogen and oxygen atoms in total. The fourth-order valence-electron chi connectivity index (χ4n) is 2.75. The Labute approximate surface area is 164 Å². The minimum atomic E-state index is -0.430. The highest BCUT2D eigenvalue weighted by atomic mass is 35.5. The second kappa shape index (κ2) is 7.39. The van der Waals surface area contributed by atoms with Crippen molar-refractivity contribution < 1.29 is 9.59 Å². The van der Waals surface area contributed by atoms with E-state index in [0.717, 1.165) is 28.1 Å². The number of carbonyl (C=O) groups is 2. The molecule has 0 spiro atoms. The van der Waals surface area contributed by atoms with E-state index in [-0.39, 0.29) is 11.1 Å². The van der Waals surface area contributed by atoms with Crippen molar-refractivity contribution in [3.05, 3.63) is 87.8 Å². The largest absolute Gasteiger partial charge is 0.300 e. The van der Waals surface area contributed by atoms with Crippen LogP contribution in [0.2, 0.25) is 5.02 Å². The third-order valence-corrected chi connectivity index (χ3v) is 5.22. The summed E-state index contributed by atoms with van der Waals surface area (Å²) in [7, 11) is 0. The maximum Gasteiger partial charge on any atom is 0.279 e. The monoisotopic (exact) mass is 392 g/mol. The zero-order valence-electron chi connectivity index (χ0n) is 14.0. The van der Waals surface area contributed by atoms with Crippen LogP contribution in [-0.2, 0) is 4.79 Å². The average Bonchev–Trinajstić information content (AvgIpc) is 3.01. The molecule has 1 fully saturated rings. The first-order valence-corrected chi connectivity index (χ1v) is 9.37. The van der Waals surface area contributed by atoms with Crippen LogP contribution in [0.1, 0.15) is 15.9 Å². The van der Waals surface area contributed by atoms with Gasteiger partial charge in [-0.3, -0.25) is 9.59 Å². The van der Waals surface area contributed by atoms with Gasteiger partial charge in [-0.05, 0) is 58.4 Å². The number of halogens is 1. The predicted molar refractivity (Wildman–Crippen MR) is 111 cm³/mol. The molecule has 1 N–H and O–H groups in total. The van der Waals surface area contributed by atoms with E-state index in [1.807, 2.05) is 48.5 Å². The summed E-state index contributed by atoms with van der Waals surface area (Å²) in [6.07, 6.45) is 1.82. The first kappa shape index (κ1) is 17.5. The molecule has 0 aliphatic carbocycles. The van der Waals surface area contributed by atoms with Crippen LogP contribution >= 0.6 is 23.4 Å². The van der Waals surface area contributed by atoms with Crippen molar-refractivity contribution >= 4 is 57.2 Å². The Balaban J connectivity index is 1.61. The summed E-state index contributed by atoms with van der Waals surface area (Å²) in [6.45, 7) is 0. The molecule has 1 aliphatic heterocycles. The number of fused-ring (bicyclic) bond motifs is 1. The highest BCUT2D eigenvalue weighted by Gasteiger charge is 2.25. The topological polar surface area (TPSA) is 58.5 Å². The molecule has 2 amide bonds. The molecule has 0 bridgehead atoms. The SMILES string of the molecule is O=C1NC(=NC(=O)c2ccc(Cl)cc2)S/C1=C\c1cccc2ccccc12. The number of aliphatic imine (C=N–C) groups is 1. The Kier molecular flexibility index (Phi) is 4.79. The van der Waals surface area contributed by atoms with E-state index < -0.39 is 5.91 Å². The van der Waals surface area contributed by atoms with Gasteiger partial charge in [-0.2, -0.15) is 4.99 Å². The van der Waals surface area contributed by atoms with Gasteiger partial charge in [0, 0.05) is 10.6 Å². The van der Waals surface area contributed by atoms with Gasteiger partial charge in [-0.25, -0.2) is 0 Å². The van der Waals surface area contributed by atoms with E-state index in [0.29, 0.717) is 15.5 Å². The first-order chi connectivity index (χ1) is 13.1. The molecule has 132 valence electrons. The van der Waals surface area contributed by atoms with Gasteiger partial charge in [0.05, 0.1) is 4.91 Å². The van der Waals surface area contributed by atoms with Gasteiger partial charge in [0.25, 0.3) is 11.8 Å². The van der Waals surface area contributed by atoms with Gasteiger partial charge in [0.1, 0.15) is 0 Å². The van der Waals surface area contributed by atoms with Crippen molar-refractivity contribution in [3.63, 3.8) is 0 Å². The number of amidine groups is 1. The van der Waals surface area contributed by atoms with E-state index in [2.05, 4.69) is 10.3 Å². The van der Waals surface area contributed by atoms with E-state index >= 15 is 0 Å². The van der Waals surface area contributed by atoms with Crippen LogP contribution in [0.25, 0.3) is 16.8 Å². The third-order valence-electron chi connectivity index (χ3n) is 4.06. The molecule has 6 heteroatoms. The molecule has 1 heterocycles. The molecule has 0 radical (unpaired) electrons. The Bertz CT molecular complexity index is 1120. The van der Waals surface area contributed by atoms with Crippen molar-refractivity contribution in [1.29, 1.82) is 0 Å². The highest BCUT2D eigenvalue weighted by Crippen LogP contribution is 2.29. The summed E-state index contributed by atoms with van der Waals surface area (Å²) < 4.78 is 0. The lowest BCUT2D eigenvalue weighted by Crippen LogP contribution is -2.20. The van der Waals surface area contributed by atoms with E-state index in [4.69, 9.17) is 11.6 Å². The van der Waals surface area contributed by atoms with Gasteiger partial charge in [-0.15, -0.1) is 0 Å². The van der Waals surface area contributed by atoms with Crippen LogP contribution < -0.4 is 5.32 Å². The Morgan fingerprint density at radius 1 is 1.00 bits per heavy atom. The first-order valence-electron chi connectivity index (χ1n) is 8.17. The number of rotatable bonds is 2. The van der Waals surface area contributed by atoms with Gasteiger partial charge >= 0.3 is 0 Å². The van der Waals surface area contributed by atoms with Crippen molar-refractivity contribution in [2.75, 3.05) is 0 Å². The molecule has 3 aromatic rings. The molecule has 0 aromatic heterocycles. The van der Waals surface area contributed by atoms with E-state index in [9.17, 15) is 9.59 Å². The second-order valence-electron chi connectivity index (χ2n) is 5.86. The van der Waals surface area contributed by atoms with Gasteiger partial charge in [0.2, 0.25) is 0 Å². The molecule has 1 aliphatic rings. The Morgan fingerprint density at radius 2 is 1.74 bits per heavy atom. The maximum absolute atomic E-state index is 12.3. The van der Waals surface area contributed by atoms with Crippen molar-refractivity contribution in [2.24, 2.45) is 4.99 Å². The van der Waals surface area contributed by atoms with Gasteiger partial charge in [0.15, 0.2) is 5.17 Å². The third kappa shape index (κ3) is 3.79. The Morgan fingerprint density at radius 3 is 2.56 bits per heavy atom. The molecule has 0 unspecified atom stereocenters. The molecule has 0 atom stereocenters. The number of hydrogen-bond acceptors (Lipinski definition) is 3. The van der Waals surface area contributed by atoms with Crippen LogP contribution in [0, 0.1) is 0 Å². The van der Waals surface area contributed by atoms with Crippen LogP contribution in [0.15, 0.2) is 76.6 Å². The number of nitrogens with one attached hydrogen (secondary N) is 1. The van der Waals surface area contributed by atoms with Crippen molar-refractivity contribution in [2.45, 2.75) is 0 Å². The lowest BCUT2D eigenvalue weighted by molar-refractivity contribution is -0.115. The summed E-state index contributed by atoms with van der Waals surface area (Å²) in [6, 6.07) is 20.4. The molecule has 3 aromatic carbocycles. The zero-order valence-corrected chi connectivity index (χ0v) is 15.6. The maximum atomic E-state index is 12.3. The number of carbonyl (C=O) groups excluding carboxylic acids is 2. The number of nitrogens with zero attached hydrogens (tertiary/aromatic N) is 1. The smallest absolute Gasteiger partial charge is 0.279 e. The summed E-state index contributed by atoms with van der Waals surface area (Å²) in [5.41, 5.74) is 1.35. The summed E-state index contributed by atoms with van der Waals surface area (Å²) in [5.74, 6) is -0.698. The fourth-order valence-corrected chi connectivity index (χ4v) is 3.68. The van der Waals surface area contributed by atoms with Gasteiger partial charge < -0.3 is 5.32 Å². The molecule has 27 heavy (non-hydrogen) atoms. The molecule has 4 rings (SSSR count). The predicted octanol–water partition coefficient (Wildman–Crippen LogP) is 4.89. The van der Waals surface area contributed by atoms with E-state index in [1.165, 1.54) is 0 Å². The number of amides is 2. The number of thioether (sulfide) groups is 1. The zero-order chi connectivity index (χ0) is 18.8. The lowest BCUT2D eigenvalue weighted by Gasteiger charge is -2.02.